The van der Waals surface area contributed by atoms with Crippen LogP contribution in [0.3, 0.4) is 0 Å². The summed E-state index contributed by atoms with van der Waals surface area (Å²) in [4.78, 5) is 45.7. The molecule has 0 aromatic heterocycles. The normalized spacial score (nSPS) is 20.3. The van der Waals surface area contributed by atoms with Crippen LogP contribution in [-0.2, 0) is 4.79 Å². The van der Waals surface area contributed by atoms with E-state index in [4.69, 9.17) is 9.47 Å². The first-order valence-corrected chi connectivity index (χ1v) is 12.8. The van der Waals surface area contributed by atoms with Crippen LogP contribution < -0.4 is 19.3 Å². The van der Waals surface area contributed by atoms with Gasteiger partial charge in [-0.3, -0.25) is 14.4 Å². The third kappa shape index (κ3) is 4.29. The Bertz CT molecular complexity index is 1170. The van der Waals surface area contributed by atoms with Crippen LogP contribution in [0.25, 0.3) is 0 Å². The molecular formula is C28H33N3O5. The summed E-state index contributed by atoms with van der Waals surface area (Å²) in [6, 6.07) is 10.4. The van der Waals surface area contributed by atoms with Crippen molar-refractivity contribution in [3.8, 4) is 11.5 Å². The van der Waals surface area contributed by atoms with E-state index in [0.717, 1.165) is 51.0 Å². The van der Waals surface area contributed by atoms with E-state index in [1.165, 1.54) is 32.0 Å². The van der Waals surface area contributed by atoms with Crippen molar-refractivity contribution >= 4 is 29.1 Å². The zero-order chi connectivity index (χ0) is 25.2. The smallest absolute Gasteiger partial charge is 0.268 e. The highest BCUT2D eigenvalue weighted by Gasteiger charge is 2.41. The second kappa shape index (κ2) is 10.2. The number of imide groups is 1. The van der Waals surface area contributed by atoms with Crippen LogP contribution in [0.2, 0.25) is 0 Å². The molecule has 0 unspecified atom stereocenters. The number of amides is 3. The fourth-order valence-corrected chi connectivity index (χ4v) is 5.68. The van der Waals surface area contributed by atoms with Gasteiger partial charge in [0.05, 0.1) is 42.6 Å². The van der Waals surface area contributed by atoms with Crippen molar-refractivity contribution < 1.29 is 23.9 Å². The maximum Gasteiger partial charge on any atom is 0.268 e. The third-order valence-corrected chi connectivity index (χ3v) is 7.55. The monoisotopic (exact) mass is 491 g/mol. The lowest BCUT2D eigenvalue weighted by Crippen LogP contribution is -2.45. The molecule has 0 N–H and O–H groups in total. The Morgan fingerprint density at radius 1 is 0.861 bits per heavy atom. The Kier molecular flexibility index (Phi) is 6.85. The molecule has 3 amide bonds. The number of anilines is 2. The summed E-state index contributed by atoms with van der Waals surface area (Å²) in [6.07, 6.45) is 6.22. The number of carbonyl (C=O) groups excluding carboxylic acids is 3. The maximum absolute atomic E-state index is 13.7. The van der Waals surface area contributed by atoms with Crippen LogP contribution in [-0.4, -0.2) is 63.0 Å². The lowest BCUT2D eigenvalue weighted by Gasteiger charge is -2.36. The minimum Gasteiger partial charge on any atom is -0.493 e. The Balaban J connectivity index is 1.41. The molecule has 1 atom stereocenters. The van der Waals surface area contributed by atoms with Crippen molar-refractivity contribution in [3.05, 3.63) is 47.5 Å². The topological polar surface area (TPSA) is 79.4 Å². The van der Waals surface area contributed by atoms with Gasteiger partial charge in [0.1, 0.15) is 0 Å². The second-order valence-electron chi connectivity index (χ2n) is 9.71. The molecule has 3 aliphatic heterocycles. The highest BCUT2D eigenvalue weighted by atomic mass is 16.5. The van der Waals surface area contributed by atoms with Crippen LogP contribution >= 0.6 is 0 Å². The molecule has 0 aliphatic carbocycles. The van der Waals surface area contributed by atoms with E-state index >= 15 is 0 Å². The van der Waals surface area contributed by atoms with Gasteiger partial charge in [0.25, 0.3) is 11.8 Å². The third-order valence-electron chi connectivity index (χ3n) is 7.55. The van der Waals surface area contributed by atoms with Crippen LogP contribution in [0.15, 0.2) is 36.4 Å². The summed E-state index contributed by atoms with van der Waals surface area (Å²) >= 11 is 0. The zero-order valence-electron chi connectivity index (χ0n) is 21.0. The molecule has 8 heteroatoms. The van der Waals surface area contributed by atoms with Crippen molar-refractivity contribution in [1.29, 1.82) is 0 Å². The van der Waals surface area contributed by atoms with E-state index in [1.54, 1.807) is 24.3 Å². The van der Waals surface area contributed by atoms with Crippen LogP contribution in [0.1, 0.15) is 59.2 Å². The summed E-state index contributed by atoms with van der Waals surface area (Å²) in [5.41, 5.74) is 1.94. The Labute approximate surface area is 211 Å². The summed E-state index contributed by atoms with van der Waals surface area (Å²) in [5.74, 6) is 0.368. The fraction of sp³-hybridized carbons (Fsp3) is 0.464. The van der Waals surface area contributed by atoms with E-state index in [-0.39, 0.29) is 23.6 Å². The van der Waals surface area contributed by atoms with Crippen LogP contribution in [0, 0.1) is 5.92 Å². The second-order valence-corrected chi connectivity index (χ2v) is 9.71. The first kappa shape index (κ1) is 24.2. The van der Waals surface area contributed by atoms with Gasteiger partial charge in [-0.15, -0.1) is 0 Å². The minimum atomic E-state index is -0.363. The maximum atomic E-state index is 13.7. The molecule has 0 spiro atoms. The van der Waals surface area contributed by atoms with Gasteiger partial charge in [0, 0.05) is 32.2 Å². The van der Waals surface area contributed by atoms with Gasteiger partial charge in [-0.2, -0.15) is 0 Å². The number of benzene rings is 2. The molecule has 2 fully saturated rings. The average molecular weight is 492 g/mol. The molecule has 3 heterocycles. The minimum absolute atomic E-state index is 0.0955. The van der Waals surface area contributed by atoms with Crippen LogP contribution in [0.4, 0.5) is 11.4 Å². The van der Waals surface area contributed by atoms with Crippen molar-refractivity contribution in [2.24, 2.45) is 5.92 Å². The molecule has 0 saturated carbocycles. The number of rotatable bonds is 5. The number of fused-ring (bicyclic) bond motifs is 1. The highest BCUT2D eigenvalue weighted by molar-refractivity contribution is 6.36. The number of hydrogen-bond acceptors (Lipinski definition) is 6. The fourth-order valence-electron chi connectivity index (χ4n) is 5.68. The number of ether oxygens (including phenoxy) is 2. The van der Waals surface area contributed by atoms with Crippen LogP contribution in [0.5, 0.6) is 11.5 Å². The van der Waals surface area contributed by atoms with E-state index < -0.39 is 0 Å². The van der Waals surface area contributed by atoms with E-state index in [0.29, 0.717) is 34.9 Å². The number of likely N-dealkylation sites (tertiary alicyclic amines) is 1. The summed E-state index contributed by atoms with van der Waals surface area (Å²) < 4.78 is 10.7. The first-order valence-electron chi connectivity index (χ1n) is 12.8. The number of methoxy groups -OCH3 is 2. The molecular weight excluding hydrogens is 458 g/mol. The molecule has 190 valence electrons. The number of hydrogen-bond donors (Lipinski definition) is 0. The Morgan fingerprint density at radius 2 is 1.61 bits per heavy atom. The average Bonchev–Trinajstić information content (AvgIpc) is 3.08. The molecule has 2 aromatic carbocycles. The quantitative estimate of drug-likeness (QED) is 0.586. The SMILES string of the molecule is COc1ccc(N2C(=O)c3cccc(N4CCC[C@H](C(=O)N5CCCCCC5)C4)c3C2=O)cc1OC. The zero-order valence-corrected chi connectivity index (χ0v) is 21.0. The molecule has 3 aliphatic rings. The number of carbonyl (C=O) groups is 3. The van der Waals surface area contributed by atoms with Crippen molar-refractivity contribution in [2.75, 3.05) is 50.2 Å². The molecule has 0 radical (unpaired) electrons. The largest absolute Gasteiger partial charge is 0.493 e. The number of piperidine rings is 1. The van der Waals surface area contributed by atoms with Gasteiger partial charge in [-0.25, -0.2) is 4.90 Å². The summed E-state index contributed by atoms with van der Waals surface area (Å²) in [5, 5.41) is 0. The Morgan fingerprint density at radius 3 is 2.33 bits per heavy atom. The lowest BCUT2D eigenvalue weighted by atomic mass is 9.94. The lowest BCUT2D eigenvalue weighted by molar-refractivity contribution is -0.135. The van der Waals surface area contributed by atoms with Gasteiger partial charge in [-0.1, -0.05) is 18.9 Å². The van der Waals surface area contributed by atoms with E-state index in [2.05, 4.69) is 4.90 Å². The molecule has 2 saturated heterocycles. The molecule has 5 rings (SSSR count). The molecule has 36 heavy (non-hydrogen) atoms. The summed E-state index contributed by atoms with van der Waals surface area (Å²) in [7, 11) is 3.05. The molecule has 8 nitrogen and oxygen atoms in total. The van der Waals surface area contributed by atoms with Crippen molar-refractivity contribution in [2.45, 2.75) is 38.5 Å². The first-order chi connectivity index (χ1) is 17.5. The van der Waals surface area contributed by atoms with E-state index in [9.17, 15) is 14.4 Å². The standard InChI is InChI=1S/C28H33N3O5/c1-35-23-13-12-20(17-24(23)36-2)31-27(33)21-10-7-11-22(25(21)28(31)34)30-16-8-9-19(18-30)26(32)29-14-5-3-4-6-15-29/h7,10-13,17,19H,3-6,8-9,14-16,18H2,1-2H3/t19-/m0/s1. The molecule has 2 aromatic rings. The number of nitrogens with zero attached hydrogens (tertiary/aromatic N) is 3. The van der Waals surface area contributed by atoms with Crippen molar-refractivity contribution in [3.63, 3.8) is 0 Å². The van der Waals surface area contributed by atoms with Gasteiger partial charge in [0.2, 0.25) is 5.91 Å². The van der Waals surface area contributed by atoms with Gasteiger partial charge < -0.3 is 19.3 Å². The van der Waals surface area contributed by atoms with Gasteiger partial charge >= 0.3 is 0 Å². The van der Waals surface area contributed by atoms with Gasteiger partial charge in [0.15, 0.2) is 11.5 Å². The molecule has 0 bridgehead atoms. The van der Waals surface area contributed by atoms with Crippen molar-refractivity contribution in [1.82, 2.24) is 4.90 Å². The predicted molar refractivity (Wildman–Crippen MR) is 137 cm³/mol. The highest BCUT2D eigenvalue weighted by Crippen LogP contribution is 2.39. The van der Waals surface area contributed by atoms with Gasteiger partial charge in [-0.05, 0) is 49.9 Å². The van der Waals surface area contributed by atoms with E-state index in [1.807, 2.05) is 17.0 Å². The predicted octanol–water partition coefficient (Wildman–Crippen LogP) is 4.12. The summed E-state index contributed by atoms with van der Waals surface area (Å²) in [6.45, 7) is 2.98. The Hall–Kier alpha value is -3.55.